The summed E-state index contributed by atoms with van der Waals surface area (Å²) in [6.45, 7) is 6.56. The Labute approximate surface area is 145 Å². The third-order valence-corrected chi connectivity index (χ3v) is 5.10. The topological polar surface area (TPSA) is 41.5 Å². The smallest absolute Gasteiger partial charge is 0.243 e. The van der Waals surface area contributed by atoms with Crippen LogP contribution in [0.2, 0.25) is 0 Å². The minimum absolute atomic E-state index is 0.0253. The molecule has 1 heterocycles. The maximum atomic E-state index is 12.9. The molecule has 1 fully saturated rings. The van der Waals surface area contributed by atoms with E-state index in [-0.39, 0.29) is 28.3 Å². The summed E-state index contributed by atoms with van der Waals surface area (Å²) in [5, 5.41) is 3.65. The molecule has 1 saturated carbocycles. The number of benzene rings is 1. The summed E-state index contributed by atoms with van der Waals surface area (Å²) in [4.78, 5) is 12.8. The molecule has 0 unspecified atom stereocenters. The number of hydrazone groups is 1. The predicted molar refractivity (Wildman–Crippen MR) is 96.0 cm³/mol. The number of amides is 1. The molecule has 3 rings (SSSR count). The van der Waals surface area contributed by atoms with Crippen LogP contribution in [0.15, 0.2) is 41.5 Å². The highest BCUT2D eigenvalue weighted by molar-refractivity contribution is 7.12. The van der Waals surface area contributed by atoms with E-state index in [1.165, 1.54) is 23.4 Å². The molecular formula is C19H21FN2OS. The standard InChI is InChI=1S/C19H21FN2OS/c1-19(2,3)13-6-4-12(5-7-13)15-10-16(15)18(23)22-21-11-14-8-9-17(20)24-14/h4-9,11,15-16H,10H2,1-3H3,(H,22,23)/b21-11-/t15-,16+/m1/s1. The fourth-order valence-electron chi connectivity index (χ4n) is 2.72. The summed E-state index contributed by atoms with van der Waals surface area (Å²) >= 11 is 0.997. The molecule has 0 radical (unpaired) electrons. The Morgan fingerprint density at radius 3 is 2.54 bits per heavy atom. The molecular weight excluding hydrogens is 323 g/mol. The van der Waals surface area contributed by atoms with E-state index >= 15 is 0 Å². The number of rotatable bonds is 4. The summed E-state index contributed by atoms with van der Waals surface area (Å²) in [7, 11) is 0. The second-order valence-corrected chi connectivity index (χ2v) is 8.26. The molecule has 0 bridgehead atoms. The zero-order valence-corrected chi connectivity index (χ0v) is 14.9. The average molecular weight is 344 g/mol. The Hall–Kier alpha value is -2.01. The van der Waals surface area contributed by atoms with Gasteiger partial charge < -0.3 is 0 Å². The number of carbonyl (C=O) groups is 1. The van der Waals surface area contributed by atoms with Crippen molar-refractivity contribution >= 4 is 23.5 Å². The SMILES string of the molecule is CC(C)(C)c1ccc([C@H]2C[C@@H]2C(=O)N/N=C\c2ccc(F)s2)cc1. The molecule has 1 amide bonds. The van der Waals surface area contributed by atoms with E-state index in [0.29, 0.717) is 4.88 Å². The first-order valence-corrected chi connectivity index (χ1v) is 8.85. The minimum atomic E-state index is -0.260. The molecule has 0 spiro atoms. The van der Waals surface area contributed by atoms with Crippen molar-refractivity contribution in [3.05, 3.63) is 57.5 Å². The van der Waals surface area contributed by atoms with Crippen LogP contribution in [0.1, 0.15) is 49.1 Å². The van der Waals surface area contributed by atoms with Crippen molar-refractivity contribution < 1.29 is 9.18 Å². The second kappa shape index (κ2) is 6.48. The average Bonchev–Trinajstić information content (AvgIpc) is 3.23. The van der Waals surface area contributed by atoms with E-state index in [1.807, 2.05) is 0 Å². The third kappa shape index (κ3) is 3.90. The second-order valence-electron chi connectivity index (χ2n) is 7.20. The van der Waals surface area contributed by atoms with Gasteiger partial charge in [-0.15, -0.1) is 11.3 Å². The van der Waals surface area contributed by atoms with Crippen molar-refractivity contribution in [2.45, 2.75) is 38.5 Å². The van der Waals surface area contributed by atoms with Crippen LogP contribution in [0.3, 0.4) is 0 Å². The number of hydrogen-bond donors (Lipinski definition) is 1. The summed E-state index contributed by atoms with van der Waals surface area (Å²) < 4.78 is 12.9. The van der Waals surface area contributed by atoms with Gasteiger partial charge in [-0.2, -0.15) is 9.49 Å². The van der Waals surface area contributed by atoms with E-state index in [0.717, 1.165) is 17.8 Å². The number of nitrogens with zero attached hydrogens (tertiary/aromatic N) is 1. The summed E-state index contributed by atoms with van der Waals surface area (Å²) in [5.41, 5.74) is 5.18. The third-order valence-electron chi connectivity index (χ3n) is 4.29. The van der Waals surface area contributed by atoms with Gasteiger partial charge >= 0.3 is 0 Å². The molecule has 2 aromatic rings. The quantitative estimate of drug-likeness (QED) is 0.646. The molecule has 1 aromatic carbocycles. The van der Waals surface area contributed by atoms with Crippen LogP contribution in [0.25, 0.3) is 0 Å². The number of carbonyl (C=O) groups excluding carboxylic acids is 1. The fraction of sp³-hybridized carbons (Fsp3) is 0.368. The monoisotopic (exact) mass is 344 g/mol. The van der Waals surface area contributed by atoms with Gasteiger partial charge in [-0.1, -0.05) is 45.0 Å². The lowest BCUT2D eigenvalue weighted by Crippen LogP contribution is -2.20. The van der Waals surface area contributed by atoms with Crippen LogP contribution in [0.4, 0.5) is 4.39 Å². The molecule has 3 nitrogen and oxygen atoms in total. The largest absolute Gasteiger partial charge is 0.273 e. The Bertz CT molecular complexity index is 758. The molecule has 2 atom stereocenters. The van der Waals surface area contributed by atoms with Gasteiger partial charge in [-0.3, -0.25) is 4.79 Å². The normalized spacial score (nSPS) is 20.3. The van der Waals surface area contributed by atoms with Crippen molar-refractivity contribution in [3.8, 4) is 0 Å². The summed E-state index contributed by atoms with van der Waals surface area (Å²) in [6, 6.07) is 11.5. The van der Waals surface area contributed by atoms with E-state index in [2.05, 4.69) is 55.6 Å². The Morgan fingerprint density at radius 2 is 1.96 bits per heavy atom. The van der Waals surface area contributed by atoms with Gasteiger partial charge in [0.15, 0.2) is 5.13 Å². The van der Waals surface area contributed by atoms with Gasteiger partial charge in [-0.25, -0.2) is 5.43 Å². The van der Waals surface area contributed by atoms with Crippen LogP contribution in [-0.4, -0.2) is 12.1 Å². The Morgan fingerprint density at radius 1 is 1.25 bits per heavy atom. The first-order valence-electron chi connectivity index (χ1n) is 8.03. The zero-order chi connectivity index (χ0) is 17.3. The maximum Gasteiger partial charge on any atom is 0.243 e. The molecule has 126 valence electrons. The van der Waals surface area contributed by atoms with E-state index in [4.69, 9.17) is 0 Å². The summed E-state index contributed by atoms with van der Waals surface area (Å²) in [5.74, 6) is 0.171. The first-order chi connectivity index (χ1) is 11.3. The molecule has 1 aliphatic rings. The molecule has 1 aromatic heterocycles. The Balaban J connectivity index is 1.54. The van der Waals surface area contributed by atoms with Crippen LogP contribution < -0.4 is 5.43 Å². The van der Waals surface area contributed by atoms with E-state index < -0.39 is 0 Å². The van der Waals surface area contributed by atoms with Gasteiger partial charge in [0.25, 0.3) is 0 Å². The van der Waals surface area contributed by atoms with Gasteiger partial charge in [0.05, 0.1) is 11.1 Å². The highest BCUT2D eigenvalue weighted by atomic mass is 32.1. The van der Waals surface area contributed by atoms with Crippen molar-refractivity contribution in [3.63, 3.8) is 0 Å². The lowest BCUT2D eigenvalue weighted by atomic mass is 9.86. The molecule has 24 heavy (non-hydrogen) atoms. The lowest BCUT2D eigenvalue weighted by Gasteiger charge is -2.19. The van der Waals surface area contributed by atoms with Gasteiger partial charge in [0, 0.05) is 5.92 Å². The molecule has 1 N–H and O–H groups in total. The molecule has 0 saturated heterocycles. The van der Waals surface area contributed by atoms with Crippen LogP contribution in [0, 0.1) is 11.0 Å². The first kappa shape index (κ1) is 16.8. The van der Waals surface area contributed by atoms with Crippen molar-refractivity contribution in [1.82, 2.24) is 5.43 Å². The van der Waals surface area contributed by atoms with Gasteiger partial charge in [0.1, 0.15) is 0 Å². The van der Waals surface area contributed by atoms with Crippen molar-refractivity contribution in [2.75, 3.05) is 0 Å². The number of hydrogen-bond acceptors (Lipinski definition) is 3. The molecule has 1 aliphatic carbocycles. The van der Waals surface area contributed by atoms with Crippen molar-refractivity contribution in [2.24, 2.45) is 11.0 Å². The highest BCUT2D eigenvalue weighted by Crippen LogP contribution is 2.47. The van der Waals surface area contributed by atoms with Crippen LogP contribution in [-0.2, 0) is 10.2 Å². The number of nitrogens with one attached hydrogen (secondary N) is 1. The number of halogens is 1. The number of thiophene rings is 1. The van der Waals surface area contributed by atoms with E-state index in [9.17, 15) is 9.18 Å². The van der Waals surface area contributed by atoms with Crippen LogP contribution in [0.5, 0.6) is 0 Å². The Kier molecular flexibility index (Phi) is 4.54. The minimum Gasteiger partial charge on any atom is -0.273 e. The molecule has 5 heteroatoms. The summed E-state index contributed by atoms with van der Waals surface area (Å²) in [6.07, 6.45) is 2.32. The zero-order valence-electron chi connectivity index (χ0n) is 14.0. The molecule has 0 aliphatic heterocycles. The van der Waals surface area contributed by atoms with Gasteiger partial charge in [-0.05, 0) is 41.0 Å². The highest BCUT2D eigenvalue weighted by Gasteiger charge is 2.43. The fourth-order valence-corrected chi connectivity index (χ4v) is 3.33. The lowest BCUT2D eigenvalue weighted by molar-refractivity contribution is -0.122. The van der Waals surface area contributed by atoms with Gasteiger partial charge in [0.2, 0.25) is 5.91 Å². The van der Waals surface area contributed by atoms with Crippen LogP contribution >= 0.6 is 11.3 Å². The predicted octanol–water partition coefficient (Wildman–Crippen LogP) is 4.44. The van der Waals surface area contributed by atoms with E-state index in [1.54, 1.807) is 6.07 Å². The maximum absolute atomic E-state index is 12.9. The van der Waals surface area contributed by atoms with Crippen molar-refractivity contribution in [1.29, 1.82) is 0 Å².